The molecule has 0 bridgehead atoms. The topological polar surface area (TPSA) is 82.4 Å². The summed E-state index contributed by atoms with van der Waals surface area (Å²) in [5.74, 6) is 1.67. The summed E-state index contributed by atoms with van der Waals surface area (Å²) in [6.45, 7) is 3.71. The molecule has 7 nitrogen and oxygen atoms in total. The van der Waals surface area contributed by atoms with Crippen LogP contribution < -0.4 is 14.2 Å². The first-order chi connectivity index (χ1) is 13.7. The van der Waals surface area contributed by atoms with Crippen molar-refractivity contribution < 1.29 is 17.9 Å². The number of nitrogens with one attached hydrogen (secondary N) is 1. The van der Waals surface area contributed by atoms with Gasteiger partial charge in [-0.05, 0) is 43.2 Å². The monoisotopic (exact) mass is 415 g/mol. The van der Waals surface area contributed by atoms with Crippen molar-refractivity contribution in [3.05, 3.63) is 71.3 Å². The second-order valence-corrected chi connectivity index (χ2v) is 8.55. The molecule has 0 saturated carbocycles. The predicted octanol–water partition coefficient (Wildman–Crippen LogP) is 3.12. The van der Waals surface area contributed by atoms with Crippen molar-refractivity contribution >= 4 is 10.0 Å². The van der Waals surface area contributed by atoms with E-state index in [0.717, 1.165) is 5.56 Å². The number of aryl methyl sites for hydroxylation is 3. The summed E-state index contributed by atoms with van der Waals surface area (Å²) in [5.41, 5.74) is 2.34. The third kappa shape index (κ3) is 4.44. The maximum atomic E-state index is 13.3. The molecule has 0 aliphatic carbocycles. The van der Waals surface area contributed by atoms with Crippen LogP contribution >= 0.6 is 0 Å². The Labute approximate surface area is 171 Å². The fourth-order valence-corrected chi connectivity index (χ4v) is 4.65. The fraction of sp³-hybridized carbons (Fsp3) is 0.286. The molecule has 0 radical (unpaired) electrons. The van der Waals surface area contributed by atoms with Crippen molar-refractivity contribution in [2.24, 2.45) is 7.05 Å². The number of nitrogens with zero attached hydrogens (tertiary/aromatic N) is 2. The third-order valence-electron chi connectivity index (χ3n) is 4.72. The average Bonchev–Trinajstić information content (AvgIpc) is 3.11. The molecule has 1 aromatic heterocycles. The Morgan fingerprint density at radius 1 is 1.03 bits per heavy atom. The standard InChI is InChI=1S/C21H25N3O4S/c1-14-6-7-19(15(2)10-14)29(25,26)23-20(21-22-8-9-24(21)3)16-11-17(27-4)13-18(12-16)28-5/h6-13,20,23H,1-5H3/t20-/m0/s1. The number of methoxy groups -OCH3 is 2. The summed E-state index contributed by atoms with van der Waals surface area (Å²) >= 11 is 0. The van der Waals surface area contributed by atoms with Gasteiger partial charge in [-0.25, -0.2) is 13.4 Å². The van der Waals surface area contributed by atoms with Crippen LogP contribution in [0.3, 0.4) is 0 Å². The van der Waals surface area contributed by atoms with Crippen LogP contribution in [0.4, 0.5) is 0 Å². The lowest BCUT2D eigenvalue weighted by Crippen LogP contribution is -2.31. The highest BCUT2D eigenvalue weighted by Gasteiger charge is 2.27. The van der Waals surface area contributed by atoms with E-state index in [9.17, 15) is 8.42 Å². The molecule has 1 atom stereocenters. The molecule has 0 aliphatic rings. The minimum absolute atomic E-state index is 0.233. The number of sulfonamides is 1. The smallest absolute Gasteiger partial charge is 0.241 e. The number of rotatable bonds is 7. The van der Waals surface area contributed by atoms with Crippen LogP contribution in [0, 0.1) is 13.8 Å². The molecule has 3 aromatic rings. The van der Waals surface area contributed by atoms with Gasteiger partial charge >= 0.3 is 0 Å². The van der Waals surface area contributed by atoms with Gasteiger partial charge in [0.2, 0.25) is 10.0 Å². The van der Waals surface area contributed by atoms with Gasteiger partial charge < -0.3 is 14.0 Å². The van der Waals surface area contributed by atoms with Crippen LogP contribution in [0.15, 0.2) is 53.7 Å². The summed E-state index contributed by atoms with van der Waals surface area (Å²) in [5, 5.41) is 0. The Kier molecular flexibility index (Phi) is 5.95. The molecule has 0 amide bonds. The van der Waals surface area contributed by atoms with Crippen molar-refractivity contribution in [1.29, 1.82) is 0 Å². The molecule has 0 unspecified atom stereocenters. The van der Waals surface area contributed by atoms with Crippen LogP contribution in [-0.2, 0) is 17.1 Å². The maximum Gasteiger partial charge on any atom is 0.241 e. The molecule has 1 N–H and O–H groups in total. The molecule has 0 saturated heterocycles. The Bertz CT molecular complexity index is 1100. The van der Waals surface area contributed by atoms with Gasteiger partial charge in [0.1, 0.15) is 23.4 Å². The number of ether oxygens (including phenoxy) is 2. The molecular formula is C21H25N3O4S. The summed E-state index contributed by atoms with van der Waals surface area (Å²) in [6.07, 6.45) is 3.40. The molecule has 0 fully saturated rings. The Morgan fingerprint density at radius 3 is 2.21 bits per heavy atom. The Hall–Kier alpha value is -2.84. The van der Waals surface area contributed by atoms with E-state index >= 15 is 0 Å². The van der Waals surface area contributed by atoms with Gasteiger partial charge in [0.05, 0.1) is 19.1 Å². The third-order valence-corrected chi connectivity index (χ3v) is 6.30. The quantitative estimate of drug-likeness (QED) is 0.641. The normalized spacial score (nSPS) is 12.6. The maximum absolute atomic E-state index is 13.3. The van der Waals surface area contributed by atoms with Crippen molar-refractivity contribution in [3.63, 3.8) is 0 Å². The summed E-state index contributed by atoms with van der Waals surface area (Å²) in [4.78, 5) is 4.61. The first-order valence-corrected chi connectivity index (χ1v) is 10.5. The van der Waals surface area contributed by atoms with Crippen LogP contribution in [-0.4, -0.2) is 32.2 Å². The molecule has 0 aliphatic heterocycles. The number of benzene rings is 2. The molecular weight excluding hydrogens is 390 g/mol. The first-order valence-electron chi connectivity index (χ1n) is 9.05. The Morgan fingerprint density at radius 2 is 1.69 bits per heavy atom. The van der Waals surface area contributed by atoms with E-state index in [-0.39, 0.29) is 4.90 Å². The summed E-state index contributed by atoms with van der Waals surface area (Å²) in [6, 6.07) is 9.79. The Balaban J connectivity index is 2.12. The molecule has 2 aromatic carbocycles. The van der Waals surface area contributed by atoms with E-state index < -0.39 is 16.1 Å². The first kappa shape index (κ1) is 20.9. The van der Waals surface area contributed by atoms with Crippen LogP contribution in [0.1, 0.15) is 28.6 Å². The van der Waals surface area contributed by atoms with Gasteiger partial charge in [-0.15, -0.1) is 0 Å². The van der Waals surface area contributed by atoms with Gasteiger partial charge in [0.15, 0.2) is 0 Å². The van der Waals surface area contributed by atoms with Crippen LogP contribution in [0.2, 0.25) is 0 Å². The average molecular weight is 416 g/mol. The highest BCUT2D eigenvalue weighted by molar-refractivity contribution is 7.89. The van der Waals surface area contributed by atoms with Gasteiger partial charge in [-0.3, -0.25) is 0 Å². The van der Waals surface area contributed by atoms with E-state index in [1.165, 1.54) is 0 Å². The highest BCUT2D eigenvalue weighted by Crippen LogP contribution is 2.31. The number of hydrogen-bond acceptors (Lipinski definition) is 5. The van der Waals surface area contributed by atoms with Gasteiger partial charge in [0, 0.05) is 25.5 Å². The van der Waals surface area contributed by atoms with Gasteiger partial charge in [0.25, 0.3) is 0 Å². The second-order valence-electron chi connectivity index (χ2n) is 6.87. The number of imidazole rings is 1. The number of aromatic nitrogens is 2. The number of hydrogen-bond donors (Lipinski definition) is 1. The largest absolute Gasteiger partial charge is 0.497 e. The van der Waals surface area contributed by atoms with E-state index in [1.54, 1.807) is 68.4 Å². The van der Waals surface area contributed by atoms with E-state index in [1.807, 2.05) is 20.0 Å². The van der Waals surface area contributed by atoms with Crippen molar-refractivity contribution in [3.8, 4) is 11.5 Å². The highest BCUT2D eigenvalue weighted by atomic mass is 32.2. The van der Waals surface area contributed by atoms with Gasteiger partial charge in [-0.1, -0.05) is 17.7 Å². The van der Waals surface area contributed by atoms with E-state index in [4.69, 9.17) is 9.47 Å². The van der Waals surface area contributed by atoms with E-state index in [2.05, 4.69) is 9.71 Å². The molecule has 0 spiro atoms. The van der Waals surface area contributed by atoms with Crippen molar-refractivity contribution in [1.82, 2.24) is 14.3 Å². The zero-order valence-corrected chi connectivity index (χ0v) is 17.9. The summed E-state index contributed by atoms with van der Waals surface area (Å²) in [7, 11) is 1.10. The van der Waals surface area contributed by atoms with E-state index in [0.29, 0.717) is 28.5 Å². The predicted molar refractivity (Wildman–Crippen MR) is 111 cm³/mol. The molecule has 154 valence electrons. The fourth-order valence-electron chi connectivity index (χ4n) is 3.24. The second kappa shape index (κ2) is 8.26. The summed E-state index contributed by atoms with van der Waals surface area (Å²) < 4.78 is 41.8. The molecule has 1 heterocycles. The minimum atomic E-state index is -3.82. The van der Waals surface area contributed by atoms with Crippen LogP contribution in [0.5, 0.6) is 11.5 Å². The lowest BCUT2D eigenvalue weighted by molar-refractivity contribution is 0.392. The zero-order valence-electron chi connectivity index (χ0n) is 17.1. The zero-order chi connectivity index (χ0) is 21.2. The minimum Gasteiger partial charge on any atom is -0.497 e. The lowest BCUT2D eigenvalue weighted by Gasteiger charge is -2.21. The SMILES string of the molecule is COc1cc(OC)cc([C@H](NS(=O)(=O)c2ccc(C)cc2C)c2nccn2C)c1. The van der Waals surface area contributed by atoms with Crippen LogP contribution in [0.25, 0.3) is 0 Å². The molecule has 3 rings (SSSR count). The van der Waals surface area contributed by atoms with Gasteiger partial charge in [-0.2, -0.15) is 4.72 Å². The van der Waals surface area contributed by atoms with Crippen molar-refractivity contribution in [2.45, 2.75) is 24.8 Å². The molecule has 29 heavy (non-hydrogen) atoms. The van der Waals surface area contributed by atoms with Crippen molar-refractivity contribution in [2.75, 3.05) is 14.2 Å². The molecule has 8 heteroatoms. The lowest BCUT2D eigenvalue weighted by atomic mass is 10.1.